The molecule has 0 saturated carbocycles. The van der Waals surface area contributed by atoms with Gasteiger partial charge in [-0.3, -0.25) is 4.99 Å². The van der Waals surface area contributed by atoms with Gasteiger partial charge in [-0.15, -0.1) is 24.0 Å². The molecule has 0 bridgehead atoms. The summed E-state index contributed by atoms with van der Waals surface area (Å²) in [6, 6.07) is 13.7. The van der Waals surface area contributed by atoms with Gasteiger partial charge in [0.05, 0.1) is 27.9 Å². The molecule has 0 aliphatic carbocycles. The summed E-state index contributed by atoms with van der Waals surface area (Å²) in [5, 5.41) is 3.33. The zero-order valence-electron chi connectivity index (χ0n) is 19.0. The number of ether oxygens (including phenoxy) is 4. The number of nitrogens with one attached hydrogen (secondary N) is 1. The molecule has 0 radical (unpaired) electrons. The number of rotatable bonds is 11. The van der Waals surface area contributed by atoms with Crippen molar-refractivity contribution in [3.63, 3.8) is 0 Å². The van der Waals surface area contributed by atoms with E-state index in [1.165, 1.54) is 0 Å². The van der Waals surface area contributed by atoms with E-state index in [1.54, 1.807) is 21.3 Å². The van der Waals surface area contributed by atoms with Gasteiger partial charge in [0.2, 0.25) is 5.75 Å². The van der Waals surface area contributed by atoms with E-state index in [-0.39, 0.29) is 24.0 Å². The molecule has 0 fully saturated rings. The molecular weight excluding hydrogens is 509 g/mol. The van der Waals surface area contributed by atoms with Crippen LogP contribution in [0.3, 0.4) is 0 Å². The number of guanidine groups is 1. The number of para-hydroxylation sites is 1. The first-order valence-electron chi connectivity index (χ1n) is 10.1. The Morgan fingerprint density at radius 3 is 2.29 bits per heavy atom. The van der Waals surface area contributed by atoms with E-state index in [2.05, 4.69) is 17.1 Å². The molecule has 1 N–H and O–H groups in total. The molecule has 0 aliphatic rings. The van der Waals surface area contributed by atoms with Crippen LogP contribution in [-0.4, -0.2) is 65.5 Å². The number of hydrogen-bond donors (Lipinski definition) is 1. The Balaban J connectivity index is 0.00000480. The first-order chi connectivity index (χ1) is 14.6. The summed E-state index contributed by atoms with van der Waals surface area (Å²) in [5.41, 5.74) is 1.02. The van der Waals surface area contributed by atoms with Gasteiger partial charge in [-0.1, -0.05) is 24.3 Å². The van der Waals surface area contributed by atoms with Crippen molar-refractivity contribution >= 4 is 29.9 Å². The van der Waals surface area contributed by atoms with Crippen LogP contribution in [0.15, 0.2) is 47.5 Å². The second-order valence-electron chi connectivity index (χ2n) is 6.56. The molecule has 0 aromatic heterocycles. The summed E-state index contributed by atoms with van der Waals surface area (Å²) in [4.78, 5) is 6.82. The molecule has 31 heavy (non-hydrogen) atoms. The third-order valence-electron chi connectivity index (χ3n) is 4.56. The normalized spacial score (nSPS) is 10.7. The summed E-state index contributed by atoms with van der Waals surface area (Å²) in [5.74, 6) is 3.64. The van der Waals surface area contributed by atoms with Gasteiger partial charge in [-0.25, -0.2) is 0 Å². The van der Waals surface area contributed by atoms with E-state index in [0.29, 0.717) is 36.8 Å². The molecule has 0 atom stereocenters. The molecular formula is C23H34IN3O4. The SMILES string of the molecule is CCNC(=NCCc1ccc(OC)c(OC)c1OC)N(C)CCOc1ccccc1.I. The fourth-order valence-electron chi connectivity index (χ4n) is 3.04. The molecule has 0 saturated heterocycles. The maximum atomic E-state index is 5.79. The van der Waals surface area contributed by atoms with Crippen LogP contribution in [0, 0.1) is 0 Å². The Hall–Kier alpha value is -2.36. The minimum absolute atomic E-state index is 0. The van der Waals surface area contributed by atoms with Crippen LogP contribution in [0.2, 0.25) is 0 Å². The Bertz CT molecular complexity index is 803. The van der Waals surface area contributed by atoms with E-state index in [9.17, 15) is 0 Å². The number of nitrogens with zero attached hydrogens (tertiary/aromatic N) is 2. The standard InChI is InChI=1S/C23H33N3O4.HI/c1-6-24-23(26(2)16-17-30-19-10-8-7-9-11-19)25-15-14-18-12-13-20(27-3)22(29-5)21(18)28-4;/h7-13H,6,14-17H2,1-5H3,(H,24,25);1H. The number of hydrogen-bond acceptors (Lipinski definition) is 5. The van der Waals surface area contributed by atoms with Gasteiger partial charge < -0.3 is 29.2 Å². The van der Waals surface area contributed by atoms with E-state index < -0.39 is 0 Å². The van der Waals surface area contributed by atoms with Crippen molar-refractivity contribution in [2.75, 3.05) is 54.6 Å². The topological polar surface area (TPSA) is 64.6 Å². The Morgan fingerprint density at radius 2 is 1.68 bits per heavy atom. The molecule has 0 spiro atoms. The highest BCUT2D eigenvalue weighted by Crippen LogP contribution is 2.39. The number of halogens is 1. The van der Waals surface area contributed by atoms with Crippen molar-refractivity contribution < 1.29 is 18.9 Å². The maximum Gasteiger partial charge on any atom is 0.203 e. The van der Waals surface area contributed by atoms with E-state index in [1.807, 2.05) is 49.5 Å². The van der Waals surface area contributed by atoms with Gasteiger partial charge in [0.25, 0.3) is 0 Å². The minimum atomic E-state index is 0. The van der Waals surface area contributed by atoms with Crippen molar-refractivity contribution in [3.8, 4) is 23.0 Å². The third-order valence-corrected chi connectivity index (χ3v) is 4.56. The fraction of sp³-hybridized carbons (Fsp3) is 0.435. The lowest BCUT2D eigenvalue weighted by molar-refractivity contribution is 0.281. The third kappa shape index (κ3) is 8.01. The second-order valence-corrected chi connectivity index (χ2v) is 6.56. The molecule has 2 rings (SSSR count). The molecule has 2 aromatic rings. The van der Waals surface area contributed by atoms with Gasteiger partial charge in [-0.05, 0) is 31.5 Å². The molecule has 0 heterocycles. The zero-order valence-corrected chi connectivity index (χ0v) is 21.3. The van der Waals surface area contributed by atoms with Crippen molar-refractivity contribution in [1.29, 1.82) is 0 Å². The van der Waals surface area contributed by atoms with Gasteiger partial charge in [0.1, 0.15) is 12.4 Å². The highest BCUT2D eigenvalue weighted by atomic mass is 127. The van der Waals surface area contributed by atoms with Crippen molar-refractivity contribution in [3.05, 3.63) is 48.0 Å². The lowest BCUT2D eigenvalue weighted by Gasteiger charge is -2.22. The predicted molar refractivity (Wildman–Crippen MR) is 136 cm³/mol. The van der Waals surface area contributed by atoms with Crippen LogP contribution < -0.4 is 24.3 Å². The number of methoxy groups -OCH3 is 3. The van der Waals surface area contributed by atoms with E-state index >= 15 is 0 Å². The summed E-state index contributed by atoms with van der Waals surface area (Å²) in [6.45, 7) is 4.76. The lowest BCUT2D eigenvalue weighted by atomic mass is 10.1. The second kappa shape index (κ2) is 14.6. The minimum Gasteiger partial charge on any atom is -0.493 e. The molecule has 0 unspecified atom stereocenters. The van der Waals surface area contributed by atoms with E-state index in [4.69, 9.17) is 23.9 Å². The van der Waals surface area contributed by atoms with Crippen LogP contribution in [0.1, 0.15) is 12.5 Å². The van der Waals surface area contributed by atoms with Gasteiger partial charge in [0.15, 0.2) is 17.5 Å². The highest BCUT2D eigenvalue weighted by Gasteiger charge is 2.15. The van der Waals surface area contributed by atoms with Crippen molar-refractivity contribution in [2.24, 2.45) is 4.99 Å². The maximum absolute atomic E-state index is 5.79. The lowest BCUT2D eigenvalue weighted by Crippen LogP contribution is -2.41. The summed E-state index contributed by atoms with van der Waals surface area (Å²) < 4.78 is 22.2. The largest absolute Gasteiger partial charge is 0.493 e. The van der Waals surface area contributed by atoms with Crippen LogP contribution >= 0.6 is 24.0 Å². The predicted octanol–water partition coefficient (Wildman–Crippen LogP) is 3.85. The Kier molecular flexibility index (Phi) is 12.6. The first-order valence-corrected chi connectivity index (χ1v) is 10.1. The Labute approximate surface area is 202 Å². The van der Waals surface area contributed by atoms with Crippen molar-refractivity contribution in [1.82, 2.24) is 10.2 Å². The fourth-order valence-corrected chi connectivity index (χ4v) is 3.04. The number of benzene rings is 2. The summed E-state index contributed by atoms with van der Waals surface area (Å²) >= 11 is 0. The molecule has 2 aromatic carbocycles. The average Bonchev–Trinajstić information content (AvgIpc) is 2.78. The van der Waals surface area contributed by atoms with Gasteiger partial charge >= 0.3 is 0 Å². The van der Waals surface area contributed by atoms with Crippen LogP contribution in [0.25, 0.3) is 0 Å². The first kappa shape index (κ1) is 26.7. The molecule has 0 aliphatic heterocycles. The van der Waals surface area contributed by atoms with Crippen LogP contribution in [0.4, 0.5) is 0 Å². The monoisotopic (exact) mass is 543 g/mol. The summed E-state index contributed by atoms with van der Waals surface area (Å²) in [7, 11) is 6.86. The van der Waals surface area contributed by atoms with Crippen LogP contribution in [0.5, 0.6) is 23.0 Å². The summed E-state index contributed by atoms with van der Waals surface area (Å²) in [6.07, 6.45) is 0.715. The zero-order chi connectivity index (χ0) is 21.8. The van der Waals surface area contributed by atoms with E-state index in [0.717, 1.165) is 30.4 Å². The van der Waals surface area contributed by atoms with Gasteiger partial charge in [0, 0.05) is 25.7 Å². The number of aliphatic imine (C=N–C) groups is 1. The highest BCUT2D eigenvalue weighted by molar-refractivity contribution is 14.0. The quantitative estimate of drug-likeness (QED) is 0.264. The van der Waals surface area contributed by atoms with Gasteiger partial charge in [-0.2, -0.15) is 0 Å². The molecule has 7 nitrogen and oxygen atoms in total. The molecule has 0 amide bonds. The molecule has 172 valence electrons. The van der Waals surface area contributed by atoms with Crippen LogP contribution in [-0.2, 0) is 6.42 Å². The van der Waals surface area contributed by atoms with Crippen molar-refractivity contribution in [2.45, 2.75) is 13.3 Å². The average molecular weight is 543 g/mol. The Morgan fingerprint density at radius 1 is 0.968 bits per heavy atom. The molecule has 8 heteroatoms. The smallest absolute Gasteiger partial charge is 0.203 e. The number of likely N-dealkylation sites (N-methyl/N-ethyl adjacent to an activating group) is 1.